The van der Waals surface area contributed by atoms with Crippen molar-refractivity contribution in [1.29, 1.82) is 5.26 Å². The van der Waals surface area contributed by atoms with Crippen LogP contribution in [0.15, 0.2) is 43.2 Å². The Morgan fingerprint density at radius 1 is 1.38 bits per heavy atom. The summed E-state index contributed by atoms with van der Waals surface area (Å²) in [5.74, 6) is 0.110. The molecule has 0 unspecified atom stereocenters. The number of benzene rings is 1. The van der Waals surface area contributed by atoms with Crippen LogP contribution in [0.5, 0.6) is 5.75 Å². The smallest absolute Gasteiger partial charge is 0.217 e. The topological polar surface area (TPSA) is 78.2 Å². The molecule has 126 valence electrons. The summed E-state index contributed by atoms with van der Waals surface area (Å²) in [6.07, 6.45) is 1.33. The lowest BCUT2D eigenvalue weighted by Crippen LogP contribution is -2.12. The molecule has 0 saturated carbocycles. The normalized spacial score (nSPS) is 12.9. The van der Waals surface area contributed by atoms with Gasteiger partial charge in [0.25, 0.3) is 0 Å². The molecule has 4 nitrogen and oxygen atoms in total. The van der Waals surface area contributed by atoms with E-state index < -0.39 is 9.84 Å². The largest absolute Gasteiger partial charge is 0.506 e. The van der Waals surface area contributed by atoms with Crippen molar-refractivity contribution < 1.29 is 13.5 Å². The summed E-state index contributed by atoms with van der Waals surface area (Å²) < 4.78 is 25.5. The van der Waals surface area contributed by atoms with E-state index in [9.17, 15) is 18.8 Å². The summed E-state index contributed by atoms with van der Waals surface area (Å²) in [6.45, 7) is 5.82. The Hall–Kier alpha value is -1.62. The highest BCUT2D eigenvalue weighted by Crippen LogP contribution is 2.38. The zero-order chi connectivity index (χ0) is 18.1. The molecule has 1 aromatic carbocycles. The van der Waals surface area contributed by atoms with Gasteiger partial charge >= 0.3 is 0 Å². The highest BCUT2D eigenvalue weighted by Gasteiger charge is 2.23. The number of nitriles is 1. The number of sulfone groups is 1. The molecule has 0 atom stereocenters. The molecule has 7 heteroatoms. The molecule has 0 radical (unpaired) electrons. The number of allylic oxidation sites excluding steroid dienone is 1. The standard InChI is InChI=1S/C17H16BrNO3S2/c1-17(2,3)14-7-11(8-15(18)16(14)20)6-13(9-19)24(21,22)12-4-5-23-10-12/h4-8,10,20H,1-3H3/b13-6+. The Balaban J connectivity index is 2.62. The van der Waals surface area contributed by atoms with Crippen LogP contribution in [0.4, 0.5) is 0 Å². The average Bonchev–Trinajstić information content (AvgIpc) is 3.01. The second-order valence-corrected chi connectivity index (χ2v) is 9.78. The van der Waals surface area contributed by atoms with E-state index in [0.29, 0.717) is 15.6 Å². The van der Waals surface area contributed by atoms with Crippen molar-refractivity contribution in [2.24, 2.45) is 0 Å². The van der Waals surface area contributed by atoms with Crippen LogP contribution in [0.2, 0.25) is 0 Å². The van der Waals surface area contributed by atoms with Gasteiger partial charge in [-0.1, -0.05) is 20.8 Å². The maximum atomic E-state index is 12.5. The number of rotatable bonds is 3. The number of hydrogen-bond acceptors (Lipinski definition) is 5. The Morgan fingerprint density at radius 2 is 2.04 bits per heavy atom. The van der Waals surface area contributed by atoms with Crippen molar-refractivity contribution in [3.05, 3.63) is 49.5 Å². The van der Waals surface area contributed by atoms with Crippen LogP contribution in [-0.2, 0) is 15.3 Å². The minimum absolute atomic E-state index is 0.106. The molecule has 1 aromatic heterocycles. The van der Waals surface area contributed by atoms with Crippen LogP contribution < -0.4 is 0 Å². The third-order valence-corrected chi connectivity index (χ3v) is 6.50. The fourth-order valence-corrected chi connectivity index (χ4v) is 4.79. The lowest BCUT2D eigenvalue weighted by atomic mass is 9.85. The number of halogens is 1. The maximum absolute atomic E-state index is 12.5. The highest BCUT2D eigenvalue weighted by atomic mass is 79.9. The summed E-state index contributed by atoms with van der Waals surface area (Å²) in [7, 11) is -3.84. The summed E-state index contributed by atoms with van der Waals surface area (Å²) >= 11 is 4.53. The molecule has 2 rings (SSSR count). The zero-order valence-electron chi connectivity index (χ0n) is 13.4. The highest BCUT2D eigenvalue weighted by molar-refractivity contribution is 9.10. The van der Waals surface area contributed by atoms with Gasteiger partial charge < -0.3 is 5.11 Å². The molecular weight excluding hydrogens is 410 g/mol. The van der Waals surface area contributed by atoms with Crippen molar-refractivity contribution in [2.45, 2.75) is 31.1 Å². The molecule has 0 aliphatic heterocycles. The van der Waals surface area contributed by atoms with E-state index in [-0.39, 0.29) is 21.0 Å². The molecule has 0 bridgehead atoms. The van der Waals surface area contributed by atoms with Gasteiger partial charge in [-0.3, -0.25) is 0 Å². The lowest BCUT2D eigenvalue weighted by molar-refractivity contribution is 0.443. The SMILES string of the molecule is CC(C)(C)c1cc(/C=C(\C#N)S(=O)(=O)c2ccsc2)cc(Br)c1O. The first-order chi connectivity index (χ1) is 11.1. The van der Waals surface area contributed by atoms with Crippen molar-refractivity contribution in [3.8, 4) is 11.8 Å². The molecule has 0 saturated heterocycles. The van der Waals surface area contributed by atoms with Crippen LogP contribution in [-0.4, -0.2) is 13.5 Å². The minimum atomic E-state index is -3.84. The van der Waals surface area contributed by atoms with Crippen molar-refractivity contribution in [2.75, 3.05) is 0 Å². The van der Waals surface area contributed by atoms with Gasteiger partial charge in [-0.15, -0.1) is 0 Å². The van der Waals surface area contributed by atoms with Gasteiger partial charge in [0.2, 0.25) is 9.84 Å². The molecule has 0 aliphatic rings. The van der Waals surface area contributed by atoms with Gasteiger partial charge in [-0.05, 0) is 56.6 Å². The van der Waals surface area contributed by atoms with Crippen LogP contribution in [0.1, 0.15) is 31.9 Å². The van der Waals surface area contributed by atoms with Gasteiger partial charge in [0, 0.05) is 10.9 Å². The molecule has 0 spiro atoms. The fraction of sp³-hybridized carbons (Fsp3) is 0.235. The zero-order valence-corrected chi connectivity index (χ0v) is 16.6. The van der Waals surface area contributed by atoms with Crippen LogP contribution in [0.25, 0.3) is 6.08 Å². The van der Waals surface area contributed by atoms with E-state index in [0.717, 1.165) is 0 Å². The van der Waals surface area contributed by atoms with Gasteiger partial charge in [-0.2, -0.15) is 16.6 Å². The number of hydrogen-bond donors (Lipinski definition) is 1. The summed E-state index contributed by atoms with van der Waals surface area (Å²) in [5, 5.41) is 22.7. The van der Waals surface area contributed by atoms with Crippen LogP contribution in [0, 0.1) is 11.3 Å². The van der Waals surface area contributed by atoms with E-state index in [1.165, 1.54) is 28.9 Å². The molecular formula is C17H16BrNO3S2. The first-order valence-corrected chi connectivity index (χ1v) is 10.2. The predicted molar refractivity (Wildman–Crippen MR) is 99.6 cm³/mol. The molecule has 1 N–H and O–H groups in total. The van der Waals surface area contributed by atoms with Crippen LogP contribution >= 0.6 is 27.3 Å². The summed E-state index contributed by atoms with van der Waals surface area (Å²) in [5.41, 5.74) is 0.850. The second kappa shape index (κ2) is 6.71. The first kappa shape index (κ1) is 18.7. The van der Waals surface area contributed by atoms with Crippen molar-refractivity contribution in [3.63, 3.8) is 0 Å². The monoisotopic (exact) mass is 425 g/mol. The predicted octanol–water partition coefficient (Wildman–Crippen LogP) is 4.85. The number of thiophene rings is 1. The average molecular weight is 426 g/mol. The first-order valence-electron chi connectivity index (χ1n) is 6.99. The second-order valence-electron chi connectivity index (χ2n) is 6.23. The van der Waals surface area contributed by atoms with Gasteiger partial charge in [0.05, 0.1) is 9.37 Å². The van der Waals surface area contributed by atoms with E-state index in [1.54, 1.807) is 23.6 Å². The molecule has 0 amide bonds. The minimum Gasteiger partial charge on any atom is -0.506 e. The summed E-state index contributed by atoms with van der Waals surface area (Å²) in [6, 6.07) is 6.53. The molecule has 1 heterocycles. The van der Waals surface area contributed by atoms with Gasteiger partial charge in [-0.25, -0.2) is 8.42 Å². The molecule has 2 aromatic rings. The third kappa shape index (κ3) is 3.72. The number of aromatic hydroxyl groups is 1. The Morgan fingerprint density at radius 3 is 2.54 bits per heavy atom. The van der Waals surface area contributed by atoms with E-state index >= 15 is 0 Å². The van der Waals surface area contributed by atoms with Gasteiger partial charge in [0.15, 0.2) is 0 Å². The van der Waals surface area contributed by atoms with Crippen molar-refractivity contribution in [1.82, 2.24) is 0 Å². The van der Waals surface area contributed by atoms with E-state index in [4.69, 9.17) is 0 Å². The van der Waals surface area contributed by atoms with E-state index in [1.807, 2.05) is 20.8 Å². The molecule has 0 aliphatic carbocycles. The Bertz CT molecular complexity index is 931. The molecule has 0 fully saturated rings. The fourth-order valence-electron chi connectivity index (χ4n) is 2.13. The summed E-state index contributed by atoms with van der Waals surface area (Å²) in [4.78, 5) is -0.229. The van der Waals surface area contributed by atoms with Crippen LogP contribution in [0.3, 0.4) is 0 Å². The number of nitrogens with zero attached hydrogens (tertiary/aromatic N) is 1. The Kier molecular flexibility index (Phi) is 5.23. The lowest BCUT2D eigenvalue weighted by Gasteiger charge is -2.21. The molecule has 24 heavy (non-hydrogen) atoms. The van der Waals surface area contributed by atoms with E-state index in [2.05, 4.69) is 15.9 Å². The maximum Gasteiger partial charge on any atom is 0.217 e. The van der Waals surface area contributed by atoms with Crippen molar-refractivity contribution >= 4 is 43.2 Å². The number of phenolic OH excluding ortho intramolecular Hbond substituents is 1. The quantitative estimate of drug-likeness (QED) is 0.712. The number of phenols is 1. The van der Waals surface area contributed by atoms with Gasteiger partial charge in [0.1, 0.15) is 16.7 Å². The Labute approximate surface area is 154 Å². The third-order valence-electron chi connectivity index (χ3n) is 3.40.